The average molecular weight is 503 g/mol. The van der Waals surface area contributed by atoms with Crippen LogP contribution in [0.1, 0.15) is 49.0 Å². The minimum Gasteiger partial charge on any atom is -0.493 e. The first-order valence-corrected chi connectivity index (χ1v) is 13.7. The van der Waals surface area contributed by atoms with E-state index >= 15 is 0 Å². The molecule has 186 valence electrons. The summed E-state index contributed by atoms with van der Waals surface area (Å²) in [6, 6.07) is 12.5. The smallest absolute Gasteiger partial charge is 0.220 e. The van der Waals surface area contributed by atoms with Gasteiger partial charge in [-0.15, -0.1) is 11.3 Å². The third-order valence-corrected chi connectivity index (χ3v) is 6.97. The number of nitrogens with one attached hydrogen (secondary N) is 3. The topological polar surface area (TPSA) is 65.6 Å². The number of likely N-dealkylation sites (tertiary alicyclic amines) is 1. The molecule has 1 aromatic heterocycles. The molecule has 0 bridgehead atoms. The Labute approximate surface area is 213 Å². The number of thiophene rings is 1. The first-order valence-electron chi connectivity index (χ1n) is 12.4. The van der Waals surface area contributed by atoms with Gasteiger partial charge in [-0.05, 0) is 69.0 Å². The summed E-state index contributed by atoms with van der Waals surface area (Å²) in [6.07, 6.45) is 6.97. The summed E-state index contributed by atoms with van der Waals surface area (Å²) in [5.41, 5.74) is 1.29. The fourth-order valence-corrected chi connectivity index (χ4v) is 4.96. The van der Waals surface area contributed by atoms with E-state index in [1.807, 2.05) is 18.2 Å². The van der Waals surface area contributed by atoms with Crippen LogP contribution >= 0.6 is 23.6 Å². The van der Waals surface area contributed by atoms with Gasteiger partial charge in [0.05, 0.1) is 6.61 Å². The number of benzene rings is 1. The summed E-state index contributed by atoms with van der Waals surface area (Å²) in [4.78, 5) is 15.9. The number of carbonyl (C=O) groups excluding carboxylic acids is 1. The molecule has 1 saturated heterocycles. The number of hydrogen-bond acceptors (Lipinski definition) is 5. The van der Waals surface area contributed by atoms with Gasteiger partial charge in [-0.1, -0.05) is 36.8 Å². The third kappa shape index (κ3) is 10.8. The Hall–Kier alpha value is -2.16. The monoisotopic (exact) mass is 502 g/mol. The maximum atomic E-state index is 12.0. The number of amides is 1. The molecule has 0 saturated carbocycles. The van der Waals surface area contributed by atoms with Gasteiger partial charge in [0.1, 0.15) is 5.75 Å². The molecule has 0 atom stereocenters. The molecule has 1 amide bonds. The number of thiocarbonyl (C=S) groups is 1. The number of hydrogen-bond donors (Lipinski definition) is 3. The maximum absolute atomic E-state index is 12.0. The van der Waals surface area contributed by atoms with Crippen molar-refractivity contribution >= 4 is 34.6 Å². The summed E-state index contributed by atoms with van der Waals surface area (Å²) in [5, 5.41) is 12.1. The molecule has 1 fully saturated rings. The molecule has 0 spiro atoms. The highest BCUT2D eigenvalue weighted by Gasteiger charge is 2.12. The van der Waals surface area contributed by atoms with Gasteiger partial charge in [-0.25, -0.2) is 0 Å². The number of piperidine rings is 1. The Morgan fingerprint density at radius 1 is 1.00 bits per heavy atom. The van der Waals surface area contributed by atoms with Crippen LogP contribution in [0.5, 0.6) is 5.75 Å². The lowest BCUT2D eigenvalue weighted by atomic mass is 10.1. The zero-order chi connectivity index (χ0) is 23.8. The zero-order valence-electron chi connectivity index (χ0n) is 20.0. The van der Waals surface area contributed by atoms with Gasteiger partial charge in [0, 0.05) is 42.9 Å². The third-order valence-electron chi connectivity index (χ3n) is 5.78. The molecule has 0 radical (unpaired) electrons. The van der Waals surface area contributed by atoms with Crippen LogP contribution in [0.2, 0.25) is 0 Å². The number of rotatable bonds is 14. The number of carbonyl (C=O) groups is 1. The van der Waals surface area contributed by atoms with Crippen molar-refractivity contribution in [3.63, 3.8) is 0 Å². The van der Waals surface area contributed by atoms with Crippen molar-refractivity contribution in [2.45, 2.75) is 51.5 Å². The summed E-state index contributed by atoms with van der Waals surface area (Å²) in [6.45, 7) is 6.19. The molecule has 8 heteroatoms. The fourth-order valence-electron chi connectivity index (χ4n) is 3.91. The van der Waals surface area contributed by atoms with Crippen molar-refractivity contribution in [2.24, 2.45) is 0 Å². The van der Waals surface area contributed by atoms with Crippen LogP contribution in [-0.2, 0) is 17.8 Å². The molecule has 1 aliphatic rings. The van der Waals surface area contributed by atoms with Crippen LogP contribution in [0.25, 0.3) is 0 Å². The zero-order valence-corrected chi connectivity index (χ0v) is 21.7. The van der Waals surface area contributed by atoms with Crippen molar-refractivity contribution in [3.8, 4) is 5.75 Å². The van der Waals surface area contributed by atoms with Gasteiger partial charge in [0.2, 0.25) is 5.91 Å². The lowest BCUT2D eigenvalue weighted by Gasteiger charge is -2.25. The Morgan fingerprint density at radius 2 is 1.76 bits per heavy atom. The van der Waals surface area contributed by atoms with Crippen LogP contribution in [0, 0.1) is 0 Å². The summed E-state index contributed by atoms with van der Waals surface area (Å²) >= 11 is 7.06. The van der Waals surface area contributed by atoms with Crippen LogP contribution in [0.4, 0.5) is 0 Å². The van der Waals surface area contributed by atoms with Crippen molar-refractivity contribution in [3.05, 3.63) is 52.2 Å². The van der Waals surface area contributed by atoms with E-state index in [1.54, 1.807) is 11.3 Å². The highest BCUT2D eigenvalue weighted by Crippen LogP contribution is 2.24. The van der Waals surface area contributed by atoms with E-state index in [0.717, 1.165) is 38.1 Å². The molecule has 2 heterocycles. The van der Waals surface area contributed by atoms with E-state index in [4.69, 9.17) is 17.0 Å². The van der Waals surface area contributed by atoms with Crippen molar-refractivity contribution in [1.29, 1.82) is 0 Å². The molecule has 0 aliphatic carbocycles. The molecule has 3 rings (SSSR count). The van der Waals surface area contributed by atoms with E-state index in [1.165, 1.54) is 42.8 Å². The van der Waals surface area contributed by atoms with Gasteiger partial charge in [0.25, 0.3) is 0 Å². The summed E-state index contributed by atoms with van der Waals surface area (Å²) in [7, 11) is 0. The van der Waals surface area contributed by atoms with E-state index in [2.05, 4.69) is 44.4 Å². The quantitative estimate of drug-likeness (QED) is 0.267. The van der Waals surface area contributed by atoms with E-state index in [0.29, 0.717) is 31.2 Å². The predicted molar refractivity (Wildman–Crippen MR) is 145 cm³/mol. The SMILES string of the molecule is O=C(CCCNC(=S)NCCc1ccccc1)NCCCOc1csc(CN2CCCCC2)c1. The lowest BCUT2D eigenvalue weighted by molar-refractivity contribution is -0.121. The van der Waals surface area contributed by atoms with Gasteiger partial charge < -0.3 is 20.7 Å². The van der Waals surface area contributed by atoms with Crippen molar-refractivity contribution in [2.75, 3.05) is 39.3 Å². The standard InChI is InChI=1S/C26H38N4O2S2/c31-25(11-7-13-28-26(33)29-15-12-22-9-3-1-4-10-22)27-14-8-18-32-23-19-24(34-21-23)20-30-16-5-2-6-17-30/h1,3-4,9-10,19,21H,2,5-8,11-18,20H2,(H,27,31)(H2,28,29,33). The molecule has 2 aromatic rings. The van der Waals surface area contributed by atoms with Gasteiger partial charge >= 0.3 is 0 Å². The highest BCUT2D eigenvalue weighted by molar-refractivity contribution is 7.80. The first-order chi connectivity index (χ1) is 16.7. The largest absolute Gasteiger partial charge is 0.493 e. The Balaban J connectivity index is 1.14. The number of nitrogens with zero attached hydrogens (tertiary/aromatic N) is 1. The van der Waals surface area contributed by atoms with Crippen molar-refractivity contribution < 1.29 is 9.53 Å². The highest BCUT2D eigenvalue weighted by atomic mass is 32.1. The molecule has 0 unspecified atom stereocenters. The van der Waals surface area contributed by atoms with Crippen molar-refractivity contribution in [1.82, 2.24) is 20.9 Å². The Morgan fingerprint density at radius 3 is 2.59 bits per heavy atom. The van der Waals surface area contributed by atoms with Crippen LogP contribution in [0.3, 0.4) is 0 Å². The van der Waals surface area contributed by atoms with E-state index in [9.17, 15) is 4.79 Å². The molecule has 3 N–H and O–H groups in total. The van der Waals surface area contributed by atoms with Gasteiger partial charge in [-0.2, -0.15) is 0 Å². The Bertz CT molecular complexity index is 853. The van der Waals surface area contributed by atoms with Crippen LogP contribution in [-0.4, -0.2) is 55.3 Å². The maximum Gasteiger partial charge on any atom is 0.220 e. The predicted octanol–water partition coefficient (Wildman–Crippen LogP) is 4.11. The summed E-state index contributed by atoms with van der Waals surface area (Å²) < 4.78 is 5.85. The van der Waals surface area contributed by atoms with Crippen LogP contribution < -0.4 is 20.7 Å². The molecule has 6 nitrogen and oxygen atoms in total. The fraction of sp³-hybridized carbons (Fsp3) is 0.538. The van der Waals surface area contributed by atoms with E-state index < -0.39 is 0 Å². The Kier molecular flexibility index (Phi) is 12.2. The van der Waals surface area contributed by atoms with Gasteiger partial charge in [0.15, 0.2) is 5.11 Å². The second kappa shape index (κ2) is 15.7. The molecule has 1 aromatic carbocycles. The average Bonchev–Trinajstić information content (AvgIpc) is 3.30. The normalized spacial score (nSPS) is 13.9. The lowest BCUT2D eigenvalue weighted by Crippen LogP contribution is -2.37. The molecule has 1 aliphatic heterocycles. The molecule has 34 heavy (non-hydrogen) atoms. The van der Waals surface area contributed by atoms with Gasteiger partial charge in [-0.3, -0.25) is 9.69 Å². The molecular weight excluding hydrogens is 464 g/mol. The second-order valence-corrected chi connectivity index (χ2v) is 10.1. The first kappa shape index (κ1) is 26.4. The second-order valence-electron chi connectivity index (χ2n) is 8.66. The van der Waals surface area contributed by atoms with E-state index in [-0.39, 0.29) is 5.91 Å². The summed E-state index contributed by atoms with van der Waals surface area (Å²) in [5.74, 6) is 1.02. The number of ether oxygens (including phenoxy) is 1. The minimum absolute atomic E-state index is 0.0732. The van der Waals surface area contributed by atoms with Crippen LogP contribution in [0.15, 0.2) is 41.8 Å². The molecular formula is C26H38N4O2S2. The minimum atomic E-state index is 0.0732.